The molecule has 0 saturated heterocycles. The van der Waals surface area contributed by atoms with Gasteiger partial charge < -0.3 is 14.8 Å². The third-order valence-electron chi connectivity index (χ3n) is 6.82. The van der Waals surface area contributed by atoms with Crippen LogP contribution in [0, 0.1) is 11.8 Å². The highest BCUT2D eigenvalue weighted by atomic mass is 35.5. The summed E-state index contributed by atoms with van der Waals surface area (Å²) in [6.45, 7) is 3.66. The average molecular weight is 492 g/mol. The van der Waals surface area contributed by atoms with Crippen molar-refractivity contribution >= 4 is 40.9 Å². The van der Waals surface area contributed by atoms with Crippen molar-refractivity contribution in [1.82, 2.24) is 5.32 Å². The van der Waals surface area contributed by atoms with E-state index in [0.717, 1.165) is 25.7 Å². The minimum absolute atomic E-state index is 0.132. The SMILES string of the molecule is COC(=O)[C@H]1C(=O)C2=C(C[C@@H]1C)NC(C)=C(C(=O)OC1CCCC1)[C@@H]2c1ccc(Cl)c(Cl)c1. The van der Waals surface area contributed by atoms with Gasteiger partial charge in [0, 0.05) is 22.9 Å². The molecule has 1 aliphatic heterocycles. The number of esters is 2. The van der Waals surface area contributed by atoms with Gasteiger partial charge >= 0.3 is 11.9 Å². The van der Waals surface area contributed by atoms with Gasteiger partial charge in [0.2, 0.25) is 0 Å². The zero-order valence-corrected chi connectivity index (χ0v) is 20.4. The first-order chi connectivity index (χ1) is 15.7. The topological polar surface area (TPSA) is 81.7 Å². The van der Waals surface area contributed by atoms with Gasteiger partial charge in [-0.15, -0.1) is 0 Å². The summed E-state index contributed by atoms with van der Waals surface area (Å²) < 4.78 is 10.8. The first-order valence-corrected chi connectivity index (χ1v) is 12.0. The Balaban J connectivity index is 1.82. The van der Waals surface area contributed by atoms with E-state index in [2.05, 4.69) is 5.32 Å². The molecule has 176 valence electrons. The van der Waals surface area contributed by atoms with Crippen molar-refractivity contribution in [2.45, 2.75) is 58.0 Å². The Bertz CT molecular complexity index is 1070. The molecule has 1 heterocycles. The first-order valence-electron chi connectivity index (χ1n) is 11.2. The van der Waals surface area contributed by atoms with Gasteiger partial charge in [0.1, 0.15) is 12.0 Å². The Labute approximate surface area is 203 Å². The zero-order chi connectivity index (χ0) is 23.9. The summed E-state index contributed by atoms with van der Waals surface area (Å²) in [5.74, 6) is -3.30. The maximum absolute atomic E-state index is 13.7. The molecule has 1 N–H and O–H groups in total. The van der Waals surface area contributed by atoms with E-state index in [1.54, 1.807) is 25.1 Å². The predicted octanol–water partition coefficient (Wildman–Crippen LogP) is 5.09. The van der Waals surface area contributed by atoms with Crippen LogP contribution in [0.2, 0.25) is 10.0 Å². The van der Waals surface area contributed by atoms with E-state index >= 15 is 0 Å². The standard InChI is InChI=1S/C25H27Cl2NO5/c1-12-10-18-22(23(29)19(12)24(30)32-3)21(14-8-9-16(26)17(27)11-14)20(13(2)28-18)25(31)33-15-6-4-5-7-15/h8-9,11-12,15,19,21,28H,4-7,10H2,1-3H3/t12-,19+,21-/m0/s1. The number of carbonyl (C=O) groups is 3. The van der Waals surface area contributed by atoms with E-state index in [9.17, 15) is 14.4 Å². The van der Waals surface area contributed by atoms with Gasteiger partial charge in [0.05, 0.1) is 22.7 Å². The second-order valence-electron chi connectivity index (χ2n) is 9.02. The van der Waals surface area contributed by atoms with Gasteiger partial charge in [-0.3, -0.25) is 9.59 Å². The molecular weight excluding hydrogens is 465 g/mol. The van der Waals surface area contributed by atoms with Crippen molar-refractivity contribution in [3.63, 3.8) is 0 Å². The van der Waals surface area contributed by atoms with Gasteiger partial charge in [0.25, 0.3) is 0 Å². The number of hydrogen-bond donors (Lipinski definition) is 1. The highest BCUT2D eigenvalue weighted by Gasteiger charge is 2.47. The van der Waals surface area contributed by atoms with Crippen LogP contribution in [-0.4, -0.2) is 30.9 Å². The second kappa shape index (κ2) is 9.51. The number of ketones is 1. The Morgan fingerprint density at radius 2 is 1.82 bits per heavy atom. The lowest BCUT2D eigenvalue weighted by Gasteiger charge is -2.38. The first kappa shape index (κ1) is 23.8. The van der Waals surface area contributed by atoms with Crippen LogP contribution in [0.4, 0.5) is 0 Å². The molecule has 3 atom stereocenters. The predicted molar refractivity (Wildman–Crippen MR) is 125 cm³/mol. The number of rotatable bonds is 4. The fraction of sp³-hybridized carbons (Fsp3) is 0.480. The summed E-state index contributed by atoms with van der Waals surface area (Å²) in [7, 11) is 1.27. The maximum Gasteiger partial charge on any atom is 0.337 e. The molecule has 6 nitrogen and oxygen atoms in total. The molecule has 33 heavy (non-hydrogen) atoms. The van der Waals surface area contributed by atoms with Crippen LogP contribution >= 0.6 is 23.2 Å². The monoisotopic (exact) mass is 491 g/mol. The molecular formula is C25H27Cl2NO5. The summed E-state index contributed by atoms with van der Waals surface area (Å²) in [5.41, 5.74) is 2.71. The van der Waals surface area contributed by atoms with E-state index in [4.69, 9.17) is 32.7 Å². The Kier molecular flexibility index (Phi) is 6.87. The van der Waals surface area contributed by atoms with Crippen molar-refractivity contribution in [2.75, 3.05) is 7.11 Å². The van der Waals surface area contributed by atoms with Crippen molar-refractivity contribution < 1.29 is 23.9 Å². The molecule has 0 amide bonds. The summed E-state index contributed by atoms with van der Waals surface area (Å²) in [6, 6.07) is 5.06. The summed E-state index contributed by atoms with van der Waals surface area (Å²) in [6.07, 6.45) is 4.05. The normalized spacial score (nSPS) is 25.6. The third-order valence-corrected chi connectivity index (χ3v) is 7.55. The quantitative estimate of drug-likeness (QED) is 0.466. The van der Waals surface area contributed by atoms with Crippen molar-refractivity contribution in [1.29, 1.82) is 0 Å². The summed E-state index contributed by atoms with van der Waals surface area (Å²) in [4.78, 5) is 39.6. The zero-order valence-electron chi connectivity index (χ0n) is 18.9. The summed E-state index contributed by atoms with van der Waals surface area (Å²) >= 11 is 12.5. The fourth-order valence-corrected chi connectivity index (χ4v) is 5.50. The molecule has 1 aromatic carbocycles. The van der Waals surface area contributed by atoms with Crippen molar-refractivity contribution in [2.24, 2.45) is 11.8 Å². The van der Waals surface area contributed by atoms with Crippen LogP contribution in [0.15, 0.2) is 40.7 Å². The molecule has 8 heteroatoms. The molecule has 4 rings (SSSR count). The molecule has 0 aromatic heterocycles. The maximum atomic E-state index is 13.7. The Morgan fingerprint density at radius 1 is 1.12 bits per heavy atom. The highest BCUT2D eigenvalue weighted by molar-refractivity contribution is 6.42. The van der Waals surface area contributed by atoms with E-state index in [1.807, 2.05) is 6.92 Å². The van der Waals surface area contributed by atoms with Crippen LogP contribution in [0.25, 0.3) is 0 Å². The van der Waals surface area contributed by atoms with Gasteiger partial charge in [-0.05, 0) is 62.6 Å². The number of allylic oxidation sites excluding steroid dienone is 3. The van der Waals surface area contributed by atoms with Gasteiger partial charge in [-0.2, -0.15) is 0 Å². The number of dihydropyridines is 1. The van der Waals surface area contributed by atoms with Crippen LogP contribution in [-0.2, 0) is 23.9 Å². The van der Waals surface area contributed by atoms with E-state index < -0.39 is 23.8 Å². The molecule has 0 unspecified atom stereocenters. The highest BCUT2D eigenvalue weighted by Crippen LogP contribution is 2.46. The summed E-state index contributed by atoms with van der Waals surface area (Å²) in [5, 5.41) is 3.95. The Morgan fingerprint density at radius 3 is 2.45 bits per heavy atom. The van der Waals surface area contributed by atoms with Crippen LogP contribution in [0.5, 0.6) is 0 Å². The lowest BCUT2D eigenvalue weighted by molar-refractivity contribution is -0.151. The number of nitrogens with one attached hydrogen (secondary N) is 1. The lowest BCUT2D eigenvalue weighted by atomic mass is 9.69. The number of benzene rings is 1. The molecule has 0 bridgehead atoms. The minimum atomic E-state index is -0.939. The molecule has 3 aliphatic rings. The molecule has 1 fully saturated rings. The smallest absolute Gasteiger partial charge is 0.337 e. The molecule has 2 aliphatic carbocycles. The number of ether oxygens (including phenoxy) is 2. The van der Waals surface area contributed by atoms with Crippen LogP contribution in [0.3, 0.4) is 0 Å². The number of Topliss-reactive ketones (excluding diaryl/α,β-unsaturated/α-hetero) is 1. The largest absolute Gasteiger partial charge is 0.468 e. The molecule has 0 spiro atoms. The van der Waals surface area contributed by atoms with Gasteiger partial charge in [0.15, 0.2) is 5.78 Å². The lowest BCUT2D eigenvalue weighted by Crippen LogP contribution is -2.43. The van der Waals surface area contributed by atoms with E-state index in [-0.39, 0.29) is 17.8 Å². The van der Waals surface area contributed by atoms with Crippen molar-refractivity contribution in [3.05, 3.63) is 56.3 Å². The number of hydrogen-bond acceptors (Lipinski definition) is 6. The minimum Gasteiger partial charge on any atom is -0.468 e. The van der Waals surface area contributed by atoms with Gasteiger partial charge in [-0.1, -0.05) is 36.2 Å². The van der Waals surface area contributed by atoms with Crippen LogP contribution in [0.1, 0.15) is 57.4 Å². The third kappa shape index (κ3) is 4.43. The molecule has 0 radical (unpaired) electrons. The average Bonchev–Trinajstić information content (AvgIpc) is 3.27. The number of halogens is 2. The fourth-order valence-electron chi connectivity index (χ4n) is 5.20. The van der Waals surface area contributed by atoms with Crippen LogP contribution < -0.4 is 5.32 Å². The van der Waals surface area contributed by atoms with Gasteiger partial charge in [-0.25, -0.2) is 4.79 Å². The number of methoxy groups -OCH3 is 1. The Hall–Kier alpha value is -2.31. The number of carbonyl (C=O) groups excluding carboxylic acids is 3. The van der Waals surface area contributed by atoms with E-state index in [1.165, 1.54) is 7.11 Å². The molecule has 1 saturated carbocycles. The second-order valence-corrected chi connectivity index (χ2v) is 9.84. The van der Waals surface area contributed by atoms with E-state index in [0.29, 0.717) is 44.6 Å². The molecule has 1 aromatic rings. The van der Waals surface area contributed by atoms with Crippen molar-refractivity contribution in [3.8, 4) is 0 Å².